The molecule has 0 heterocycles. The number of methoxy groups -OCH3 is 1. The maximum Gasteiger partial charge on any atom is 0.382 e. The molecule has 0 aliphatic carbocycles. The van der Waals surface area contributed by atoms with E-state index in [-0.39, 0.29) is 6.79 Å². The highest BCUT2D eigenvalue weighted by Crippen LogP contribution is 2.19. The fourth-order valence-electron chi connectivity index (χ4n) is 1.25. The van der Waals surface area contributed by atoms with Gasteiger partial charge in [-0.1, -0.05) is 18.1 Å². The molecule has 1 rings (SSSR count). The summed E-state index contributed by atoms with van der Waals surface area (Å²) in [5.74, 6) is 4.05. The number of carboxylic acids is 1. The molecule has 4 heteroatoms. The molecule has 18 heavy (non-hydrogen) atoms. The summed E-state index contributed by atoms with van der Waals surface area (Å²) in [5.41, 5.74) is 1.79. The highest BCUT2D eigenvalue weighted by Gasteiger charge is 1.98. The molecule has 0 atom stereocenters. The van der Waals surface area contributed by atoms with Crippen LogP contribution >= 0.6 is 0 Å². The number of ether oxygens (including phenoxy) is 2. The fraction of sp³-hybridized carbons (Fsp3) is 0.214. The molecular formula is C14H14O4. The lowest BCUT2D eigenvalue weighted by atomic mass is 10.1. The molecule has 94 valence electrons. The summed E-state index contributed by atoms with van der Waals surface area (Å²) in [6.07, 6.45) is 1.56. The van der Waals surface area contributed by atoms with Crippen LogP contribution in [0, 0.1) is 11.8 Å². The van der Waals surface area contributed by atoms with Crippen molar-refractivity contribution in [2.45, 2.75) is 6.92 Å². The van der Waals surface area contributed by atoms with Crippen molar-refractivity contribution in [2.24, 2.45) is 0 Å². The molecule has 0 aromatic heterocycles. The van der Waals surface area contributed by atoms with Gasteiger partial charge in [-0.15, -0.1) is 0 Å². The van der Waals surface area contributed by atoms with Crippen LogP contribution < -0.4 is 4.74 Å². The summed E-state index contributed by atoms with van der Waals surface area (Å²) in [6, 6.07) is 7.41. The molecule has 4 nitrogen and oxygen atoms in total. The van der Waals surface area contributed by atoms with E-state index in [9.17, 15) is 4.79 Å². The molecule has 1 aromatic rings. The van der Waals surface area contributed by atoms with E-state index in [4.69, 9.17) is 14.6 Å². The molecule has 0 aliphatic rings. The Morgan fingerprint density at radius 3 is 2.94 bits per heavy atom. The van der Waals surface area contributed by atoms with Crippen molar-refractivity contribution in [3.05, 3.63) is 35.9 Å². The van der Waals surface area contributed by atoms with Crippen molar-refractivity contribution < 1.29 is 19.4 Å². The van der Waals surface area contributed by atoms with Gasteiger partial charge in [0.1, 0.15) is 5.75 Å². The van der Waals surface area contributed by atoms with Crippen molar-refractivity contribution in [3.8, 4) is 17.6 Å². The van der Waals surface area contributed by atoms with Crippen LogP contribution in [0.15, 0.2) is 30.3 Å². The molecule has 0 bridgehead atoms. The second-order valence-corrected chi connectivity index (χ2v) is 3.48. The van der Waals surface area contributed by atoms with Gasteiger partial charge >= 0.3 is 5.97 Å². The zero-order valence-electron chi connectivity index (χ0n) is 10.3. The Bertz CT molecular complexity index is 506. The summed E-state index contributed by atoms with van der Waals surface area (Å²) in [4.78, 5) is 10.3. The third-order valence-corrected chi connectivity index (χ3v) is 2.10. The van der Waals surface area contributed by atoms with Gasteiger partial charge in [0.05, 0.1) is 0 Å². The summed E-state index contributed by atoms with van der Waals surface area (Å²) >= 11 is 0. The number of carboxylic acid groups (broad SMARTS) is 1. The maximum absolute atomic E-state index is 10.3. The van der Waals surface area contributed by atoms with Crippen LogP contribution in [0.3, 0.4) is 0 Å². The number of allylic oxidation sites excluding steroid dienone is 2. The van der Waals surface area contributed by atoms with E-state index >= 15 is 0 Å². The molecule has 0 saturated carbocycles. The molecule has 0 spiro atoms. The number of hydrogen-bond acceptors (Lipinski definition) is 3. The number of hydrogen-bond donors (Lipinski definition) is 1. The molecule has 1 aromatic carbocycles. The zero-order valence-corrected chi connectivity index (χ0v) is 10.3. The van der Waals surface area contributed by atoms with Crippen LogP contribution in [0.25, 0.3) is 5.57 Å². The number of benzene rings is 1. The van der Waals surface area contributed by atoms with E-state index in [1.54, 1.807) is 13.2 Å². The minimum atomic E-state index is -1.14. The van der Waals surface area contributed by atoms with Crippen molar-refractivity contribution >= 4 is 11.5 Å². The highest BCUT2D eigenvalue weighted by atomic mass is 16.7. The van der Waals surface area contributed by atoms with E-state index in [0.29, 0.717) is 5.75 Å². The fourth-order valence-corrected chi connectivity index (χ4v) is 1.25. The van der Waals surface area contributed by atoms with Gasteiger partial charge in [-0.3, -0.25) is 0 Å². The van der Waals surface area contributed by atoms with Gasteiger partial charge in [0.25, 0.3) is 0 Å². The molecule has 0 aliphatic heterocycles. The Kier molecular flexibility index (Phi) is 5.49. The predicted molar refractivity (Wildman–Crippen MR) is 68.0 cm³/mol. The number of rotatable bonds is 4. The van der Waals surface area contributed by atoms with E-state index in [1.807, 2.05) is 37.1 Å². The first kappa shape index (κ1) is 13.8. The minimum absolute atomic E-state index is 0.186. The quantitative estimate of drug-likeness (QED) is 0.653. The van der Waals surface area contributed by atoms with Gasteiger partial charge in [0.15, 0.2) is 6.79 Å². The van der Waals surface area contributed by atoms with Crippen molar-refractivity contribution in [1.82, 2.24) is 0 Å². The largest absolute Gasteiger partial charge is 0.472 e. The van der Waals surface area contributed by atoms with Gasteiger partial charge in [0, 0.05) is 13.0 Å². The van der Waals surface area contributed by atoms with Crippen molar-refractivity contribution in [3.63, 3.8) is 0 Å². The van der Waals surface area contributed by atoms with Crippen LogP contribution in [0.5, 0.6) is 5.75 Å². The van der Waals surface area contributed by atoms with Gasteiger partial charge in [-0.2, -0.15) is 0 Å². The van der Waals surface area contributed by atoms with E-state index in [0.717, 1.165) is 11.1 Å². The molecule has 1 N–H and O–H groups in total. The van der Waals surface area contributed by atoms with Gasteiger partial charge in [-0.05, 0) is 36.3 Å². The second-order valence-electron chi connectivity index (χ2n) is 3.48. The molecule has 0 radical (unpaired) electrons. The lowest BCUT2D eigenvalue weighted by Gasteiger charge is -2.06. The predicted octanol–water partition coefficient (Wildman–Crippen LogP) is 2.16. The van der Waals surface area contributed by atoms with Crippen molar-refractivity contribution in [1.29, 1.82) is 0 Å². The Balaban J connectivity index is 2.83. The van der Waals surface area contributed by atoms with E-state index in [1.165, 1.54) is 0 Å². The lowest BCUT2D eigenvalue weighted by molar-refractivity contribution is -0.130. The SMILES string of the molecule is COCOc1cccc(C(C)=CC#CC(=O)O)c1. The van der Waals surface area contributed by atoms with Crippen LogP contribution in [0.1, 0.15) is 12.5 Å². The van der Waals surface area contributed by atoms with Crippen LogP contribution in [0.2, 0.25) is 0 Å². The Hall–Kier alpha value is -2.25. The third kappa shape index (κ3) is 4.73. The maximum atomic E-state index is 10.3. The second kappa shape index (κ2) is 7.15. The Morgan fingerprint density at radius 2 is 2.28 bits per heavy atom. The summed E-state index contributed by atoms with van der Waals surface area (Å²) in [7, 11) is 1.55. The monoisotopic (exact) mass is 246 g/mol. The Morgan fingerprint density at radius 1 is 1.50 bits per heavy atom. The molecule has 0 fully saturated rings. The number of aliphatic carboxylic acids is 1. The average molecular weight is 246 g/mol. The minimum Gasteiger partial charge on any atom is -0.472 e. The van der Waals surface area contributed by atoms with Crippen LogP contribution in [0.4, 0.5) is 0 Å². The lowest BCUT2D eigenvalue weighted by Crippen LogP contribution is -1.98. The highest BCUT2D eigenvalue weighted by molar-refractivity contribution is 5.87. The molecule has 0 unspecified atom stereocenters. The first-order chi connectivity index (χ1) is 8.63. The normalized spacial score (nSPS) is 10.4. The smallest absolute Gasteiger partial charge is 0.382 e. The summed E-state index contributed by atoms with van der Waals surface area (Å²) in [6.45, 7) is 2.04. The average Bonchev–Trinajstić information content (AvgIpc) is 2.36. The topological polar surface area (TPSA) is 55.8 Å². The van der Waals surface area contributed by atoms with E-state index < -0.39 is 5.97 Å². The van der Waals surface area contributed by atoms with Crippen LogP contribution in [-0.2, 0) is 9.53 Å². The van der Waals surface area contributed by atoms with Gasteiger partial charge < -0.3 is 14.6 Å². The third-order valence-electron chi connectivity index (χ3n) is 2.10. The summed E-state index contributed by atoms with van der Waals surface area (Å²) in [5, 5.41) is 8.40. The molecular weight excluding hydrogens is 232 g/mol. The summed E-state index contributed by atoms with van der Waals surface area (Å²) < 4.78 is 10.1. The first-order valence-electron chi connectivity index (χ1n) is 5.27. The van der Waals surface area contributed by atoms with Crippen molar-refractivity contribution in [2.75, 3.05) is 13.9 Å². The Labute approximate surface area is 106 Å². The van der Waals surface area contributed by atoms with Gasteiger partial charge in [0.2, 0.25) is 0 Å². The molecule has 0 amide bonds. The zero-order chi connectivity index (χ0) is 13.4. The van der Waals surface area contributed by atoms with E-state index in [2.05, 4.69) is 5.92 Å². The molecule has 0 saturated heterocycles. The van der Waals surface area contributed by atoms with Gasteiger partial charge in [-0.25, -0.2) is 4.79 Å². The number of carbonyl (C=O) groups is 1. The van der Waals surface area contributed by atoms with Crippen LogP contribution in [-0.4, -0.2) is 25.0 Å². The first-order valence-corrected chi connectivity index (χ1v) is 5.27. The standard InChI is InChI=1S/C14H14O4/c1-11(5-3-8-14(15)16)12-6-4-7-13(9-12)18-10-17-2/h4-7,9H,10H2,1-2H3,(H,15,16).